The Hall–Kier alpha value is -1.10. The van der Waals surface area contributed by atoms with Gasteiger partial charge in [-0.2, -0.15) is 0 Å². The molecule has 1 heterocycles. The van der Waals surface area contributed by atoms with Crippen LogP contribution in [-0.4, -0.2) is 11.7 Å². The number of aliphatic hydroxyl groups is 1. The van der Waals surface area contributed by atoms with Gasteiger partial charge in [-0.05, 0) is 24.3 Å². The number of thiophene rings is 1. The maximum absolute atomic E-state index is 13.3. The topological polar surface area (TPSA) is 32.3 Å². The highest BCUT2D eigenvalue weighted by Crippen LogP contribution is 2.27. The smallest absolute Gasteiger partial charge is 0.146 e. The van der Waals surface area contributed by atoms with Crippen molar-refractivity contribution in [3.63, 3.8) is 0 Å². The molecule has 2 N–H and O–H groups in total. The lowest BCUT2D eigenvalue weighted by Crippen LogP contribution is -2.11. The van der Waals surface area contributed by atoms with E-state index in [4.69, 9.17) is 11.6 Å². The number of rotatable bonds is 4. The molecule has 0 aliphatic carbocycles. The Kier molecular flexibility index (Phi) is 3.99. The Labute approximate surface area is 108 Å². The van der Waals surface area contributed by atoms with E-state index >= 15 is 0 Å². The van der Waals surface area contributed by atoms with Crippen molar-refractivity contribution in [3.8, 4) is 0 Å². The van der Waals surface area contributed by atoms with Crippen molar-refractivity contribution in [2.75, 3.05) is 11.9 Å². The minimum atomic E-state index is -0.688. The number of nitrogens with one attached hydrogen (secondary N) is 1. The second kappa shape index (κ2) is 5.49. The zero-order chi connectivity index (χ0) is 12.3. The highest BCUT2D eigenvalue weighted by atomic mass is 35.5. The second-order valence-corrected chi connectivity index (χ2v) is 5.27. The number of anilines is 1. The highest BCUT2D eigenvalue weighted by Gasteiger charge is 2.10. The van der Waals surface area contributed by atoms with Crippen molar-refractivity contribution in [2.24, 2.45) is 0 Å². The minimum absolute atomic E-state index is 0.248. The van der Waals surface area contributed by atoms with E-state index in [9.17, 15) is 9.50 Å². The lowest BCUT2D eigenvalue weighted by atomic mass is 10.2. The van der Waals surface area contributed by atoms with E-state index in [0.29, 0.717) is 10.0 Å². The molecule has 2 aromatic rings. The zero-order valence-corrected chi connectivity index (χ0v) is 10.4. The number of hydrogen-bond acceptors (Lipinski definition) is 3. The van der Waals surface area contributed by atoms with E-state index in [1.807, 2.05) is 0 Å². The molecule has 0 aliphatic heterocycles. The summed E-state index contributed by atoms with van der Waals surface area (Å²) in [6.45, 7) is 0.248. The fraction of sp³-hybridized carbons (Fsp3) is 0.167. The highest BCUT2D eigenvalue weighted by molar-refractivity contribution is 7.16. The van der Waals surface area contributed by atoms with Crippen molar-refractivity contribution in [1.29, 1.82) is 0 Å². The summed E-state index contributed by atoms with van der Waals surface area (Å²) < 4.78 is 13.9. The first-order chi connectivity index (χ1) is 8.16. The van der Waals surface area contributed by atoms with Gasteiger partial charge in [-0.25, -0.2) is 4.39 Å². The molecule has 0 bridgehead atoms. The van der Waals surface area contributed by atoms with Gasteiger partial charge in [-0.15, -0.1) is 11.3 Å². The summed E-state index contributed by atoms with van der Waals surface area (Å²) in [6.07, 6.45) is -0.688. The normalized spacial score (nSPS) is 12.4. The lowest BCUT2D eigenvalue weighted by Gasteiger charge is -2.11. The standard InChI is InChI=1S/C12H11ClFNOS/c13-12-6-5-11(17-12)10(16)7-15-9-4-2-1-3-8(9)14/h1-6,10,15-16H,7H2. The van der Waals surface area contributed by atoms with Crippen LogP contribution in [-0.2, 0) is 0 Å². The van der Waals surface area contributed by atoms with Gasteiger partial charge in [0.25, 0.3) is 0 Å². The van der Waals surface area contributed by atoms with Crippen LogP contribution in [0.4, 0.5) is 10.1 Å². The molecular weight excluding hydrogens is 261 g/mol. The molecule has 5 heteroatoms. The lowest BCUT2D eigenvalue weighted by molar-refractivity contribution is 0.195. The third-order valence-electron chi connectivity index (χ3n) is 2.28. The fourth-order valence-corrected chi connectivity index (χ4v) is 2.47. The number of aliphatic hydroxyl groups excluding tert-OH is 1. The number of halogens is 2. The Morgan fingerprint density at radius 1 is 1.29 bits per heavy atom. The van der Waals surface area contributed by atoms with Gasteiger partial charge < -0.3 is 10.4 Å². The molecule has 0 spiro atoms. The first kappa shape index (κ1) is 12.4. The third-order valence-corrected chi connectivity index (χ3v) is 3.61. The maximum Gasteiger partial charge on any atom is 0.146 e. The van der Waals surface area contributed by atoms with Gasteiger partial charge in [-0.3, -0.25) is 0 Å². The quantitative estimate of drug-likeness (QED) is 0.889. The van der Waals surface area contributed by atoms with Crippen molar-refractivity contribution in [2.45, 2.75) is 6.10 Å². The van der Waals surface area contributed by atoms with Gasteiger partial charge in [0.15, 0.2) is 0 Å². The van der Waals surface area contributed by atoms with Gasteiger partial charge in [0.1, 0.15) is 11.9 Å². The minimum Gasteiger partial charge on any atom is -0.386 e. The molecule has 17 heavy (non-hydrogen) atoms. The Balaban J connectivity index is 1.97. The summed E-state index contributed by atoms with van der Waals surface area (Å²) in [5, 5.41) is 12.7. The molecule has 0 amide bonds. The van der Waals surface area contributed by atoms with Gasteiger partial charge in [-0.1, -0.05) is 23.7 Å². The van der Waals surface area contributed by atoms with Gasteiger partial charge in [0, 0.05) is 11.4 Å². The predicted molar refractivity (Wildman–Crippen MR) is 69.2 cm³/mol. The largest absolute Gasteiger partial charge is 0.386 e. The van der Waals surface area contributed by atoms with Crippen LogP contribution in [0, 0.1) is 5.82 Å². The third kappa shape index (κ3) is 3.19. The van der Waals surface area contributed by atoms with E-state index in [-0.39, 0.29) is 12.4 Å². The molecule has 1 aromatic heterocycles. The average Bonchev–Trinajstić information content (AvgIpc) is 2.74. The summed E-state index contributed by atoms with van der Waals surface area (Å²) in [7, 11) is 0. The van der Waals surface area contributed by atoms with Crippen LogP contribution >= 0.6 is 22.9 Å². The van der Waals surface area contributed by atoms with Gasteiger partial charge in [0.05, 0.1) is 10.0 Å². The Morgan fingerprint density at radius 2 is 2.06 bits per heavy atom. The summed E-state index contributed by atoms with van der Waals surface area (Å²) in [6, 6.07) is 9.85. The summed E-state index contributed by atoms with van der Waals surface area (Å²) in [5.74, 6) is -0.330. The summed E-state index contributed by atoms with van der Waals surface area (Å²) >= 11 is 7.09. The van der Waals surface area contributed by atoms with Crippen molar-refractivity contribution in [1.82, 2.24) is 0 Å². The molecule has 0 saturated heterocycles. The van der Waals surface area contributed by atoms with E-state index < -0.39 is 6.10 Å². The molecular formula is C12H11ClFNOS. The molecule has 90 valence electrons. The molecule has 0 fully saturated rings. The maximum atomic E-state index is 13.3. The van der Waals surface area contributed by atoms with Gasteiger partial charge >= 0.3 is 0 Å². The molecule has 1 unspecified atom stereocenters. The second-order valence-electron chi connectivity index (χ2n) is 3.52. The summed E-state index contributed by atoms with van der Waals surface area (Å²) in [5.41, 5.74) is 0.384. The molecule has 2 rings (SSSR count). The predicted octanol–water partition coefficient (Wildman–Crippen LogP) is 3.69. The Morgan fingerprint density at radius 3 is 2.71 bits per heavy atom. The van der Waals surface area contributed by atoms with Crippen LogP contribution in [0.25, 0.3) is 0 Å². The monoisotopic (exact) mass is 271 g/mol. The first-order valence-corrected chi connectivity index (χ1v) is 6.28. The molecule has 0 saturated carbocycles. The van der Waals surface area contributed by atoms with E-state index in [2.05, 4.69) is 5.32 Å². The number of hydrogen-bond donors (Lipinski definition) is 2. The Bertz CT molecular complexity index is 503. The molecule has 0 aliphatic rings. The first-order valence-electron chi connectivity index (χ1n) is 5.08. The van der Waals surface area contributed by atoms with E-state index in [0.717, 1.165) is 4.88 Å². The van der Waals surface area contributed by atoms with Gasteiger partial charge in [0.2, 0.25) is 0 Å². The van der Waals surface area contributed by atoms with Crippen molar-refractivity contribution < 1.29 is 9.50 Å². The molecule has 1 aromatic carbocycles. The van der Waals surface area contributed by atoms with Crippen LogP contribution in [0.1, 0.15) is 11.0 Å². The number of para-hydroxylation sites is 1. The van der Waals surface area contributed by atoms with Crippen LogP contribution in [0.2, 0.25) is 4.34 Å². The fourth-order valence-electron chi connectivity index (χ4n) is 1.42. The van der Waals surface area contributed by atoms with Crippen molar-refractivity contribution >= 4 is 28.6 Å². The van der Waals surface area contributed by atoms with Crippen LogP contribution in [0.5, 0.6) is 0 Å². The molecule has 2 nitrogen and oxygen atoms in total. The van der Waals surface area contributed by atoms with Crippen LogP contribution in [0.3, 0.4) is 0 Å². The van der Waals surface area contributed by atoms with E-state index in [1.54, 1.807) is 30.3 Å². The zero-order valence-electron chi connectivity index (χ0n) is 8.86. The SMILES string of the molecule is OC(CNc1ccccc1F)c1ccc(Cl)s1. The van der Waals surface area contributed by atoms with Crippen LogP contribution < -0.4 is 5.32 Å². The van der Waals surface area contributed by atoms with E-state index in [1.165, 1.54) is 17.4 Å². The number of benzene rings is 1. The molecule has 0 radical (unpaired) electrons. The van der Waals surface area contributed by atoms with Crippen LogP contribution in [0.15, 0.2) is 36.4 Å². The molecule has 1 atom stereocenters. The summed E-state index contributed by atoms with van der Waals surface area (Å²) in [4.78, 5) is 0.763. The van der Waals surface area contributed by atoms with Crippen molar-refractivity contribution in [3.05, 3.63) is 51.4 Å². The average molecular weight is 272 g/mol.